The lowest BCUT2D eigenvalue weighted by Crippen LogP contribution is -2.41. The fourth-order valence-corrected chi connectivity index (χ4v) is 3.79. The first kappa shape index (κ1) is 22.5. The molecule has 1 heterocycles. The third-order valence-electron chi connectivity index (χ3n) is 5.87. The van der Waals surface area contributed by atoms with E-state index in [1.54, 1.807) is 19.5 Å². The SMILES string of the molecule is COc1cc(-c2ccc(C(C)(C)C#N)cc2)ccc1C(O)(c1cncnc1)C(C)(C)C. The van der Waals surface area contributed by atoms with E-state index >= 15 is 0 Å². The van der Waals surface area contributed by atoms with Gasteiger partial charge in [-0.2, -0.15) is 5.26 Å². The van der Waals surface area contributed by atoms with E-state index in [2.05, 4.69) is 16.0 Å². The number of hydrogen-bond acceptors (Lipinski definition) is 5. The van der Waals surface area contributed by atoms with Crippen molar-refractivity contribution >= 4 is 0 Å². The molecule has 1 unspecified atom stereocenters. The molecule has 0 radical (unpaired) electrons. The number of nitriles is 1. The first-order chi connectivity index (χ1) is 14.5. The molecule has 2 aromatic carbocycles. The quantitative estimate of drug-likeness (QED) is 0.617. The smallest absolute Gasteiger partial charge is 0.126 e. The number of aromatic nitrogens is 2. The predicted octanol–water partition coefficient (Wildman–Crippen LogP) is 5.24. The lowest BCUT2D eigenvalue weighted by molar-refractivity contribution is -0.0281. The van der Waals surface area contributed by atoms with Gasteiger partial charge in [0.1, 0.15) is 17.7 Å². The summed E-state index contributed by atoms with van der Waals surface area (Å²) in [6.07, 6.45) is 4.73. The minimum absolute atomic E-state index is 0.541. The molecule has 3 aromatic rings. The van der Waals surface area contributed by atoms with Gasteiger partial charge in [-0.1, -0.05) is 57.2 Å². The molecule has 0 aliphatic heterocycles. The molecule has 0 fully saturated rings. The molecule has 31 heavy (non-hydrogen) atoms. The summed E-state index contributed by atoms with van der Waals surface area (Å²) in [6, 6.07) is 16.1. The third kappa shape index (κ3) is 4.04. The van der Waals surface area contributed by atoms with Crippen LogP contribution in [0.4, 0.5) is 0 Å². The van der Waals surface area contributed by atoms with Gasteiger partial charge in [0, 0.05) is 23.5 Å². The second kappa shape index (κ2) is 8.13. The summed E-state index contributed by atoms with van der Waals surface area (Å²) in [5.74, 6) is 0.584. The Morgan fingerprint density at radius 1 is 0.871 bits per heavy atom. The van der Waals surface area contributed by atoms with Crippen molar-refractivity contribution in [1.29, 1.82) is 5.26 Å². The van der Waals surface area contributed by atoms with E-state index in [4.69, 9.17) is 4.74 Å². The number of nitrogens with zero attached hydrogens (tertiary/aromatic N) is 3. The molecule has 160 valence electrons. The lowest BCUT2D eigenvalue weighted by atomic mass is 9.68. The van der Waals surface area contributed by atoms with Gasteiger partial charge in [-0.3, -0.25) is 0 Å². The minimum Gasteiger partial charge on any atom is -0.496 e. The Morgan fingerprint density at radius 3 is 1.97 bits per heavy atom. The van der Waals surface area contributed by atoms with E-state index in [0.717, 1.165) is 16.7 Å². The second-order valence-electron chi connectivity index (χ2n) is 9.32. The Labute approximate surface area is 184 Å². The van der Waals surface area contributed by atoms with Gasteiger partial charge in [0.05, 0.1) is 18.6 Å². The summed E-state index contributed by atoms with van der Waals surface area (Å²) in [7, 11) is 1.60. The van der Waals surface area contributed by atoms with Gasteiger partial charge in [0.15, 0.2) is 0 Å². The molecule has 3 rings (SSSR count). The molecule has 0 aliphatic rings. The van der Waals surface area contributed by atoms with Crippen molar-refractivity contribution in [3.63, 3.8) is 0 Å². The number of methoxy groups -OCH3 is 1. The largest absolute Gasteiger partial charge is 0.496 e. The summed E-state index contributed by atoms with van der Waals surface area (Å²) in [6.45, 7) is 9.73. The molecular weight excluding hydrogens is 386 g/mol. The number of rotatable bonds is 5. The van der Waals surface area contributed by atoms with Crippen LogP contribution in [-0.4, -0.2) is 22.2 Å². The standard InChI is InChI=1S/C26H29N3O2/c1-24(2,3)26(30,21-14-28-17-29-15-21)22-12-9-19(13-23(22)31-6)18-7-10-20(11-8-18)25(4,5)16-27/h7-15,17,30H,1-6H3. The first-order valence-corrected chi connectivity index (χ1v) is 10.2. The van der Waals surface area contributed by atoms with Crippen LogP contribution >= 0.6 is 0 Å². The van der Waals surface area contributed by atoms with Crippen LogP contribution in [0.3, 0.4) is 0 Å². The van der Waals surface area contributed by atoms with Crippen LogP contribution in [-0.2, 0) is 11.0 Å². The van der Waals surface area contributed by atoms with E-state index in [9.17, 15) is 10.4 Å². The molecule has 0 aliphatic carbocycles. The van der Waals surface area contributed by atoms with Gasteiger partial charge in [0.2, 0.25) is 0 Å². The monoisotopic (exact) mass is 415 g/mol. The van der Waals surface area contributed by atoms with Gasteiger partial charge < -0.3 is 9.84 Å². The zero-order valence-electron chi connectivity index (χ0n) is 19.0. The average Bonchev–Trinajstić information content (AvgIpc) is 2.78. The van der Waals surface area contributed by atoms with E-state index in [1.807, 2.05) is 77.1 Å². The van der Waals surface area contributed by atoms with Crippen LogP contribution in [0.2, 0.25) is 0 Å². The molecule has 1 aromatic heterocycles. The number of ether oxygens (including phenoxy) is 1. The number of aliphatic hydroxyl groups is 1. The zero-order valence-corrected chi connectivity index (χ0v) is 19.0. The third-order valence-corrected chi connectivity index (χ3v) is 5.87. The van der Waals surface area contributed by atoms with E-state index in [1.165, 1.54) is 6.33 Å². The molecule has 0 bridgehead atoms. The van der Waals surface area contributed by atoms with Gasteiger partial charge in [-0.05, 0) is 42.0 Å². The summed E-state index contributed by atoms with van der Waals surface area (Å²) in [5, 5.41) is 21.3. The van der Waals surface area contributed by atoms with Crippen molar-refractivity contribution < 1.29 is 9.84 Å². The van der Waals surface area contributed by atoms with Crippen LogP contribution in [0.5, 0.6) is 5.75 Å². The molecule has 1 atom stereocenters. The summed E-state index contributed by atoms with van der Waals surface area (Å²) in [5.41, 5.74) is 1.76. The van der Waals surface area contributed by atoms with Crippen molar-refractivity contribution in [1.82, 2.24) is 9.97 Å². The summed E-state index contributed by atoms with van der Waals surface area (Å²) >= 11 is 0. The Hall–Kier alpha value is -3.23. The van der Waals surface area contributed by atoms with Crippen molar-refractivity contribution in [2.75, 3.05) is 7.11 Å². The van der Waals surface area contributed by atoms with E-state index < -0.39 is 16.4 Å². The molecule has 0 saturated heterocycles. The molecule has 5 heteroatoms. The maximum atomic E-state index is 11.9. The predicted molar refractivity (Wildman–Crippen MR) is 122 cm³/mol. The Balaban J connectivity index is 2.10. The molecule has 0 amide bonds. The molecule has 0 spiro atoms. The van der Waals surface area contributed by atoms with Crippen molar-refractivity contribution in [2.24, 2.45) is 5.41 Å². The van der Waals surface area contributed by atoms with Gasteiger partial charge in [0.25, 0.3) is 0 Å². The normalized spacial score (nSPS) is 13.9. The van der Waals surface area contributed by atoms with Crippen LogP contribution < -0.4 is 4.74 Å². The maximum Gasteiger partial charge on any atom is 0.126 e. The lowest BCUT2D eigenvalue weighted by Gasteiger charge is -2.41. The zero-order chi connectivity index (χ0) is 22.9. The van der Waals surface area contributed by atoms with Crippen LogP contribution in [0.15, 0.2) is 61.2 Å². The van der Waals surface area contributed by atoms with Gasteiger partial charge in [-0.25, -0.2) is 9.97 Å². The highest BCUT2D eigenvalue weighted by molar-refractivity contribution is 5.67. The van der Waals surface area contributed by atoms with Crippen LogP contribution in [0, 0.1) is 16.7 Å². The van der Waals surface area contributed by atoms with E-state index in [0.29, 0.717) is 16.9 Å². The summed E-state index contributed by atoms with van der Waals surface area (Å²) in [4.78, 5) is 8.22. The minimum atomic E-state index is -1.35. The maximum absolute atomic E-state index is 11.9. The Morgan fingerprint density at radius 2 is 1.45 bits per heavy atom. The van der Waals surface area contributed by atoms with Crippen LogP contribution in [0.25, 0.3) is 11.1 Å². The Kier molecular flexibility index (Phi) is 5.89. The molecular formula is C26H29N3O2. The molecule has 0 saturated carbocycles. The summed E-state index contributed by atoms with van der Waals surface area (Å²) < 4.78 is 5.72. The van der Waals surface area contributed by atoms with Crippen molar-refractivity contribution in [3.8, 4) is 22.9 Å². The fraction of sp³-hybridized carbons (Fsp3) is 0.346. The Bertz CT molecular complexity index is 1090. The molecule has 5 nitrogen and oxygen atoms in total. The van der Waals surface area contributed by atoms with Crippen molar-refractivity contribution in [3.05, 3.63) is 77.9 Å². The topological polar surface area (TPSA) is 79.0 Å². The number of benzene rings is 2. The van der Waals surface area contributed by atoms with Crippen LogP contribution in [0.1, 0.15) is 51.3 Å². The highest BCUT2D eigenvalue weighted by Gasteiger charge is 2.45. The first-order valence-electron chi connectivity index (χ1n) is 10.2. The fourth-order valence-electron chi connectivity index (χ4n) is 3.79. The average molecular weight is 416 g/mol. The highest BCUT2D eigenvalue weighted by atomic mass is 16.5. The van der Waals surface area contributed by atoms with E-state index in [-0.39, 0.29) is 0 Å². The van der Waals surface area contributed by atoms with Gasteiger partial charge >= 0.3 is 0 Å². The van der Waals surface area contributed by atoms with Gasteiger partial charge in [-0.15, -0.1) is 0 Å². The second-order valence-corrected chi connectivity index (χ2v) is 9.32. The van der Waals surface area contributed by atoms with Crippen molar-refractivity contribution in [2.45, 2.75) is 45.6 Å². The number of hydrogen-bond donors (Lipinski definition) is 1. The highest BCUT2D eigenvalue weighted by Crippen LogP contribution is 2.48. The molecule has 1 N–H and O–H groups in total.